The van der Waals surface area contributed by atoms with Crippen LogP contribution in [-0.2, 0) is 19.6 Å². The van der Waals surface area contributed by atoms with Gasteiger partial charge < -0.3 is 14.7 Å². The van der Waals surface area contributed by atoms with E-state index in [1.165, 1.54) is 11.1 Å². The van der Waals surface area contributed by atoms with Crippen molar-refractivity contribution in [2.75, 3.05) is 45.8 Å². The fourth-order valence-corrected chi connectivity index (χ4v) is 3.71. The minimum atomic E-state index is 0. The number of aromatic nitrogens is 1. The summed E-state index contributed by atoms with van der Waals surface area (Å²) in [6.45, 7) is 16.1. The molecule has 0 atom stereocenters. The maximum atomic E-state index is 4.94. The van der Waals surface area contributed by atoms with E-state index in [2.05, 4.69) is 70.2 Å². The van der Waals surface area contributed by atoms with Crippen LogP contribution in [0.25, 0.3) is 0 Å². The van der Waals surface area contributed by atoms with Gasteiger partial charge >= 0.3 is 0 Å². The van der Waals surface area contributed by atoms with Crippen LogP contribution >= 0.6 is 24.0 Å². The zero-order valence-corrected chi connectivity index (χ0v) is 21.4. The first kappa shape index (κ1) is 25.6. The second-order valence-electron chi connectivity index (χ2n) is 7.70. The fraction of sp³-hybridized carbons (Fsp3) is 0.565. The number of nitrogens with zero attached hydrogens (tertiary/aromatic N) is 5. The number of guanidine groups is 1. The van der Waals surface area contributed by atoms with Crippen molar-refractivity contribution in [3.8, 4) is 0 Å². The molecule has 1 N–H and O–H groups in total. The number of nitrogens with one attached hydrogen (secondary N) is 1. The lowest BCUT2D eigenvalue weighted by atomic mass is 10.1. The molecule has 8 heteroatoms. The monoisotopic (exact) mass is 540 g/mol. The average molecular weight is 540 g/mol. The highest BCUT2D eigenvalue weighted by atomic mass is 127. The van der Waals surface area contributed by atoms with E-state index >= 15 is 0 Å². The third-order valence-electron chi connectivity index (χ3n) is 5.62. The Balaban J connectivity index is 0.00000341. The van der Waals surface area contributed by atoms with Crippen molar-refractivity contribution in [2.45, 2.75) is 40.4 Å². The summed E-state index contributed by atoms with van der Waals surface area (Å²) in [5, 5.41) is 7.48. The molecular weight excluding hydrogens is 503 g/mol. The minimum Gasteiger partial charge on any atom is -0.364 e. The molecule has 1 aromatic carbocycles. The summed E-state index contributed by atoms with van der Waals surface area (Å²) in [5.74, 6) is 1.01. The quantitative estimate of drug-likeness (QED) is 0.299. The molecule has 1 aliphatic heterocycles. The molecule has 1 aromatic heterocycles. The first-order chi connectivity index (χ1) is 14.7. The molecule has 1 aliphatic rings. The Morgan fingerprint density at radius 2 is 1.71 bits per heavy atom. The van der Waals surface area contributed by atoms with Crippen LogP contribution in [0, 0.1) is 0 Å². The van der Waals surface area contributed by atoms with E-state index in [0.717, 1.165) is 70.6 Å². The van der Waals surface area contributed by atoms with Gasteiger partial charge in [-0.1, -0.05) is 43.3 Å². The standard InChI is InChI=1S/C23H36N6O.HI/c1-4-24-23(29-14-12-28(13-15-29)19-22-11-16-30-26-22)25-17-20-7-9-21(10-8-20)18-27(5-2)6-3;/h7-11,16H,4-6,12-15,17-19H2,1-3H3,(H,24,25);1H. The Kier molecular flexibility index (Phi) is 11.3. The van der Waals surface area contributed by atoms with Crippen molar-refractivity contribution in [3.05, 3.63) is 53.4 Å². The predicted molar refractivity (Wildman–Crippen MR) is 137 cm³/mol. The molecule has 1 fully saturated rings. The Labute approximate surface area is 203 Å². The van der Waals surface area contributed by atoms with E-state index in [9.17, 15) is 0 Å². The van der Waals surface area contributed by atoms with E-state index in [1.807, 2.05) is 6.07 Å². The van der Waals surface area contributed by atoms with Gasteiger partial charge in [0, 0.05) is 51.9 Å². The molecule has 0 aliphatic carbocycles. The Morgan fingerprint density at radius 1 is 1.03 bits per heavy atom. The zero-order valence-electron chi connectivity index (χ0n) is 19.1. The average Bonchev–Trinajstić information content (AvgIpc) is 3.29. The van der Waals surface area contributed by atoms with E-state index in [1.54, 1.807) is 6.26 Å². The lowest BCUT2D eigenvalue weighted by molar-refractivity contribution is 0.169. The fourth-order valence-electron chi connectivity index (χ4n) is 3.71. The second kappa shape index (κ2) is 13.7. The highest BCUT2D eigenvalue weighted by molar-refractivity contribution is 14.0. The molecule has 0 amide bonds. The van der Waals surface area contributed by atoms with Crippen molar-refractivity contribution in [3.63, 3.8) is 0 Å². The van der Waals surface area contributed by atoms with Crippen LogP contribution in [0.2, 0.25) is 0 Å². The van der Waals surface area contributed by atoms with Gasteiger partial charge in [-0.15, -0.1) is 24.0 Å². The third kappa shape index (κ3) is 8.08. The summed E-state index contributed by atoms with van der Waals surface area (Å²) in [7, 11) is 0. The summed E-state index contributed by atoms with van der Waals surface area (Å²) in [6, 6.07) is 10.8. The molecule has 172 valence electrons. The van der Waals surface area contributed by atoms with Gasteiger partial charge in [-0.25, -0.2) is 4.99 Å². The number of hydrogen-bond acceptors (Lipinski definition) is 5. The van der Waals surface area contributed by atoms with E-state index in [0.29, 0.717) is 6.54 Å². The molecule has 0 bridgehead atoms. The number of rotatable bonds is 9. The van der Waals surface area contributed by atoms with E-state index in [-0.39, 0.29) is 24.0 Å². The smallest absolute Gasteiger partial charge is 0.194 e. The third-order valence-corrected chi connectivity index (χ3v) is 5.62. The molecule has 2 aromatic rings. The zero-order chi connectivity index (χ0) is 21.2. The SMILES string of the molecule is CCNC(=NCc1ccc(CN(CC)CC)cc1)N1CCN(Cc2ccon2)CC1.I. The van der Waals surface area contributed by atoms with Gasteiger partial charge in [-0.3, -0.25) is 9.80 Å². The Morgan fingerprint density at radius 3 is 2.29 bits per heavy atom. The van der Waals surface area contributed by atoms with Crippen LogP contribution in [0.1, 0.15) is 37.6 Å². The highest BCUT2D eigenvalue weighted by Gasteiger charge is 2.20. The lowest BCUT2D eigenvalue weighted by Gasteiger charge is -2.36. The second-order valence-corrected chi connectivity index (χ2v) is 7.70. The highest BCUT2D eigenvalue weighted by Crippen LogP contribution is 2.10. The van der Waals surface area contributed by atoms with Crippen LogP contribution in [0.3, 0.4) is 0 Å². The number of hydrogen-bond donors (Lipinski definition) is 1. The van der Waals surface area contributed by atoms with Crippen LogP contribution in [-0.4, -0.2) is 71.6 Å². The Hall–Kier alpha value is -1.65. The van der Waals surface area contributed by atoms with Crippen LogP contribution in [0.5, 0.6) is 0 Å². The molecule has 7 nitrogen and oxygen atoms in total. The van der Waals surface area contributed by atoms with Crippen molar-refractivity contribution >= 4 is 29.9 Å². The summed E-state index contributed by atoms with van der Waals surface area (Å²) >= 11 is 0. The topological polar surface area (TPSA) is 60.1 Å². The van der Waals surface area contributed by atoms with Crippen molar-refractivity contribution < 1.29 is 4.52 Å². The van der Waals surface area contributed by atoms with Gasteiger partial charge in [0.2, 0.25) is 0 Å². The maximum Gasteiger partial charge on any atom is 0.194 e. The van der Waals surface area contributed by atoms with E-state index < -0.39 is 0 Å². The maximum absolute atomic E-state index is 4.94. The summed E-state index contributed by atoms with van der Waals surface area (Å²) in [6.07, 6.45) is 1.64. The molecule has 3 rings (SSSR count). The van der Waals surface area contributed by atoms with Crippen LogP contribution < -0.4 is 5.32 Å². The van der Waals surface area contributed by atoms with Crippen LogP contribution in [0.4, 0.5) is 0 Å². The summed E-state index contributed by atoms with van der Waals surface area (Å²) < 4.78 is 4.94. The normalized spacial score (nSPS) is 15.2. The number of halogens is 1. The number of benzene rings is 1. The largest absolute Gasteiger partial charge is 0.364 e. The van der Waals surface area contributed by atoms with Crippen LogP contribution in [0.15, 0.2) is 46.1 Å². The molecule has 1 saturated heterocycles. The molecule has 0 unspecified atom stereocenters. The van der Waals surface area contributed by atoms with Crippen molar-refractivity contribution in [1.29, 1.82) is 0 Å². The summed E-state index contributed by atoms with van der Waals surface area (Å²) in [4.78, 5) is 12.1. The minimum absolute atomic E-state index is 0. The molecule has 31 heavy (non-hydrogen) atoms. The van der Waals surface area contributed by atoms with Gasteiger partial charge in [-0.2, -0.15) is 0 Å². The van der Waals surface area contributed by atoms with Gasteiger partial charge in [0.1, 0.15) is 6.26 Å². The Bertz CT molecular complexity index is 753. The van der Waals surface area contributed by atoms with Crippen molar-refractivity contribution in [2.24, 2.45) is 4.99 Å². The summed E-state index contributed by atoms with van der Waals surface area (Å²) in [5.41, 5.74) is 3.61. The van der Waals surface area contributed by atoms with Gasteiger partial charge in [0.25, 0.3) is 0 Å². The molecule has 0 saturated carbocycles. The number of aliphatic imine (C=N–C) groups is 1. The first-order valence-electron chi connectivity index (χ1n) is 11.2. The lowest BCUT2D eigenvalue weighted by Crippen LogP contribution is -2.52. The van der Waals surface area contributed by atoms with Gasteiger partial charge in [0.15, 0.2) is 5.96 Å². The first-order valence-corrected chi connectivity index (χ1v) is 11.2. The van der Waals surface area contributed by atoms with E-state index in [4.69, 9.17) is 9.52 Å². The van der Waals surface area contributed by atoms with Gasteiger partial charge in [-0.05, 0) is 31.1 Å². The molecule has 0 spiro atoms. The molecular formula is C23H37IN6O. The predicted octanol–water partition coefficient (Wildman–Crippen LogP) is 3.42. The van der Waals surface area contributed by atoms with Gasteiger partial charge in [0.05, 0.1) is 12.2 Å². The number of piperazine rings is 1. The molecule has 2 heterocycles. The van der Waals surface area contributed by atoms with Crippen molar-refractivity contribution in [1.82, 2.24) is 25.2 Å². The molecule has 0 radical (unpaired) electrons.